The van der Waals surface area contributed by atoms with E-state index in [1.54, 1.807) is 7.11 Å². The number of alkyl halides is 1. The van der Waals surface area contributed by atoms with Gasteiger partial charge >= 0.3 is 0 Å². The molecule has 0 aliphatic carbocycles. The maximum absolute atomic E-state index is 5.05. The van der Waals surface area contributed by atoms with Gasteiger partial charge in [-0.3, -0.25) is 0 Å². The standard InChI is InChI=1S/C9H11IO.Zn/c1-11-9-4-2-8(3-5-9)6-7-10;/h2-5H,6-7H2,1H3;. The van der Waals surface area contributed by atoms with Crippen LogP contribution in [0, 0.1) is 0 Å². The van der Waals surface area contributed by atoms with Gasteiger partial charge in [-0.25, -0.2) is 0 Å². The van der Waals surface area contributed by atoms with E-state index in [-0.39, 0.29) is 19.5 Å². The zero-order chi connectivity index (χ0) is 8.10. The Morgan fingerprint density at radius 2 is 1.83 bits per heavy atom. The number of ether oxygens (including phenoxy) is 1. The number of methoxy groups -OCH3 is 1. The van der Waals surface area contributed by atoms with Gasteiger partial charge in [0.1, 0.15) is 5.75 Å². The van der Waals surface area contributed by atoms with Crippen LogP contribution in [0.4, 0.5) is 0 Å². The van der Waals surface area contributed by atoms with Crippen molar-refractivity contribution in [2.75, 3.05) is 11.5 Å². The summed E-state index contributed by atoms with van der Waals surface area (Å²) in [4.78, 5) is 0. The van der Waals surface area contributed by atoms with Crippen molar-refractivity contribution in [3.05, 3.63) is 29.8 Å². The van der Waals surface area contributed by atoms with Gasteiger partial charge in [0.2, 0.25) is 0 Å². The first kappa shape index (κ1) is 12.4. The summed E-state index contributed by atoms with van der Waals surface area (Å²) in [5, 5.41) is 0. The van der Waals surface area contributed by atoms with Crippen LogP contribution in [0.25, 0.3) is 0 Å². The van der Waals surface area contributed by atoms with E-state index in [1.165, 1.54) is 9.99 Å². The number of halogens is 1. The van der Waals surface area contributed by atoms with Crippen molar-refractivity contribution in [1.29, 1.82) is 0 Å². The summed E-state index contributed by atoms with van der Waals surface area (Å²) in [6.07, 6.45) is 1.14. The molecule has 0 atom stereocenters. The number of aryl methyl sites for hydroxylation is 1. The van der Waals surface area contributed by atoms with E-state index < -0.39 is 0 Å². The molecule has 0 amide bonds. The van der Waals surface area contributed by atoms with E-state index in [0.29, 0.717) is 0 Å². The normalized spacial score (nSPS) is 8.83. The number of hydrogen-bond acceptors (Lipinski definition) is 1. The molecule has 1 nitrogen and oxygen atoms in total. The van der Waals surface area contributed by atoms with Crippen LogP contribution in [0.5, 0.6) is 5.75 Å². The molecular formula is C9H11IOZn. The van der Waals surface area contributed by atoms with Crippen LogP contribution >= 0.6 is 22.6 Å². The third kappa shape index (κ3) is 3.86. The molecule has 1 aromatic rings. The minimum atomic E-state index is 0. The third-order valence-corrected chi connectivity index (χ3v) is 2.08. The molecule has 12 heavy (non-hydrogen) atoms. The second kappa shape index (κ2) is 6.84. The van der Waals surface area contributed by atoms with Gasteiger partial charge in [-0.15, -0.1) is 0 Å². The quantitative estimate of drug-likeness (QED) is 0.471. The van der Waals surface area contributed by atoms with Crippen molar-refractivity contribution >= 4 is 22.6 Å². The van der Waals surface area contributed by atoms with Crippen molar-refractivity contribution in [3.8, 4) is 5.75 Å². The van der Waals surface area contributed by atoms with Crippen molar-refractivity contribution in [1.82, 2.24) is 0 Å². The fourth-order valence-corrected chi connectivity index (χ4v) is 1.52. The average Bonchev–Trinajstić information content (AvgIpc) is 2.07. The first-order valence-electron chi connectivity index (χ1n) is 3.55. The second-order valence-corrected chi connectivity index (χ2v) is 3.37. The Hall–Kier alpha value is 0.373. The van der Waals surface area contributed by atoms with Crippen LogP contribution in [0.2, 0.25) is 0 Å². The maximum atomic E-state index is 5.05. The van der Waals surface area contributed by atoms with Gasteiger partial charge < -0.3 is 4.74 Å². The zero-order valence-corrected chi connectivity index (χ0v) is 12.3. The van der Waals surface area contributed by atoms with Crippen molar-refractivity contribution < 1.29 is 24.2 Å². The molecule has 0 spiro atoms. The summed E-state index contributed by atoms with van der Waals surface area (Å²) >= 11 is 2.38. The van der Waals surface area contributed by atoms with E-state index in [1.807, 2.05) is 12.1 Å². The van der Waals surface area contributed by atoms with Crippen LogP contribution in [0.3, 0.4) is 0 Å². The fraction of sp³-hybridized carbons (Fsp3) is 0.333. The Balaban J connectivity index is 0.00000121. The third-order valence-electron chi connectivity index (χ3n) is 1.54. The maximum Gasteiger partial charge on any atom is 0.118 e. The van der Waals surface area contributed by atoms with Crippen LogP contribution in [-0.4, -0.2) is 11.5 Å². The Bertz CT molecular complexity index is 210. The smallest absolute Gasteiger partial charge is 0.118 e. The van der Waals surface area contributed by atoms with Crippen LogP contribution in [0.1, 0.15) is 5.56 Å². The van der Waals surface area contributed by atoms with Crippen LogP contribution in [0.15, 0.2) is 24.3 Å². The Labute approximate surface area is 99.8 Å². The van der Waals surface area contributed by atoms with Gasteiger partial charge in [0, 0.05) is 23.9 Å². The number of benzene rings is 1. The summed E-state index contributed by atoms with van der Waals surface area (Å²) < 4.78 is 6.22. The molecule has 3 heteroatoms. The molecule has 0 radical (unpaired) electrons. The molecule has 1 aromatic carbocycles. The van der Waals surface area contributed by atoms with Gasteiger partial charge in [-0.1, -0.05) is 34.7 Å². The summed E-state index contributed by atoms with van der Waals surface area (Å²) in [6.45, 7) is 0. The minimum absolute atomic E-state index is 0. The first-order valence-corrected chi connectivity index (χ1v) is 5.08. The first-order chi connectivity index (χ1) is 5.36. The minimum Gasteiger partial charge on any atom is -0.497 e. The van der Waals surface area contributed by atoms with E-state index in [9.17, 15) is 0 Å². The van der Waals surface area contributed by atoms with Gasteiger partial charge in [-0.05, 0) is 24.1 Å². The molecule has 1 rings (SSSR count). The summed E-state index contributed by atoms with van der Waals surface area (Å²) in [6, 6.07) is 8.22. The average molecular weight is 327 g/mol. The molecule has 0 N–H and O–H groups in total. The molecule has 62 valence electrons. The molecule has 0 aliphatic rings. The molecule has 0 heterocycles. The molecule has 0 saturated carbocycles. The summed E-state index contributed by atoms with van der Waals surface area (Å²) in [7, 11) is 1.69. The van der Waals surface area contributed by atoms with E-state index in [2.05, 4.69) is 34.7 Å². The molecule has 0 aromatic heterocycles. The van der Waals surface area contributed by atoms with E-state index >= 15 is 0 Å². The van der Waals surface area contributed by atoms with Crippen molar-refractivity contribution in [2.45, 2.75) is 6.42 Å². The summed E-state index contributed by atoms with van der Waals surface area (Å²) in [5.41, 5.74) is 1.38. The topological polar surface area (TPSA) is 9.23 Å². The zero-order valence-electron chi connectivity index (χ0n) is 7.22. The fourth-order valence-electron chi connectivity index (χ4n) is 0.901. The molecule has 0 aliphatic heterocycles. The largest absolute Gasteiger partial charge is 0.497 e. The Morgan fingerprint density at radius 1 is 1.25 bits per heavy atom. The molecular weight excluding hydrogens is 316 g/mol. The monoisotopic (exact) mass is 326 g/mol. The molecule has 0 fully saturated rings. The molecule has 0 saturated heterocycles. The number of hydrogen-bond donors (Lipinski definition) is 0. The van der Waals surface area contributed by atoms with Crippen molar-refractivity contribution in [2.24, 2.45) is 0 Å². The van der Waals surface area contributed by atoms with E-state index in [4.69, 9.17) is 4.74 Å². The van der Waals surface area contributed by atoms with Gasteiger partial charge in [0.05, 0.1) is 7.11 Å². The number of rotatable bonds is 3. The van der Waals surface area contributed by atoms with Crippen molar-refractivity contribution in [3.63, 3.8) is 0 Å². The van der Waals surface area contributed by atoms with Gasteiger partial charge in [0.25, 0.3) is 0 Å². The van der Waals surface area contributed by atoms with Crippen LogP contribution in [-0.2, 0) is 25.9 Å². The molecule has 0 bridgehead atoms. The predicted molar refractivity (Wildman–Crippen MR) is 55.6 cm³/mol. The van der Waals surface area contributed by atoms with Crippen LogP contribution < -0.4 is 4.74 Å². The predicted octanol–water partition coefficient (Wildman–Crippen LogP) is 2.67. The van der Waals surface area contributed by atoms with Gasteiger partial charge in [0.15, 0.2) is 0 Å². The summed E-state index contributed by atoms with van der Waals surface area (Å²) in [5.74, 6) is 0.933. The second-order valence-electron chi connectivity index (χ2n) is 2.29. The SMILES string of the molecule is COc1ccc(CCI)cc1.[Zn]. The molecule has 0 unspecified atom stereocenters. The van der Waals surface area contributed by atoms with E-state index in [0.717, 1.165) is 12.2 Å². The van der Waals surface area contributed by atoms with Gasteiger partial charge in [-0.2, -0.15) is 0 Å². The Kier molecular flexibility index (Phi) is 7.06. The Morgan fingerprint density at radius 3 is 2.25 bits per heavy atom.